The fourth-order valence-electron chi connectivity index (χ4n) is 3.33. The first-order valence-corrected chi connectivity index (χ1v) is 9.68. The second kappa shape index (κ2) is 7.72. The van der Waals surface area contributed by atoms with Crippen molar-refractivity contribution in [1.82, 2.24) is 14.7 Å². The molecule has 0 aliphatic carbocycles. The van der Waals surface area contributed by atoms with Crippen molar-refractivity contribution in [3.05, 3.63) is 59.0 Å². The largest absolute Gasteiger partial charge is 0.454 e. The van der Waals surface area contributed by atoms with Crippen molar-refractivity contribution in [2.45, 2.75) is 26.2 Å². The molecular weight excluding hydrogens is 378 g/mol. The molecule has 7 heteroatoms. The van der Waals surface area contributed by atoms with Crippen molar-refractivity contribution >= 4 is 23.2 Å². The molecule has 1 aliphatic heterocycles. The summed E-state index contributed by atoms with van der Waals surface area (Å²) < 4.78 is 12.9. The third kappa shape index (κ3) is 3.78. The van der Waals surface area contributed by atoms with E-state index in [1.54, 1.807) is 12.3 Å². The molecule has 0 spiro atoms. The Morgan fingerprint density at radius 3 is 2.89 bits per heavy atom. The number of nitrogens with zero attached hydrogens (tertiary/aromatic N) is 2. The van der Waals surface area contributed by atoms with Gasteiger partial charge in [0.25, 0.3) is 0 Å². The van der Waals surface area contributed by atoms with Gasteiger partial charge in [-0.1, -0.05) is 31.5 Å². The minimum atomic E-state index is -0.199. The lowest BCUT2D eigenvalue weighted by Crippen LogP contribution is -2.29. The minimum absolute atomic E-state index is 0.00616. The lowest BCUT2D eigenvalue weighted by molar-refractivity contribution is -0.121. The maximum Gasteiger partial charge on any atom is 0.231 e. The van der Waals surface area contributed by atoms with Gasteiger partial charge in [-0.2, -0.15) is 0 Å². The lowest BCUT2D eigenvalue weighted by Gasteiger charge is -2.18. The fraction of sp³-hybridized carbons (Fsp3) is 0.333. The molecule has 1 aliphatic rings. The summed E-state index contributed by atoms with van der Waals surface area (Å²) in [5, 5.41) is 3.62. The van der Waals surface area contributed by atoms with E-state index in [9.17, 15) is 4.79 Å². The summed E-state index contributed by atoms with van der Waals surface area (Å²) in [6.07, 6.45) is 3.93. The van der Waals surface area contributed by atoms with Gasteiger partial charge in [0, 0.05) is 31.3 Å². The van der Waals surface area contributed by atoms with Gasteiger partial charge in [-0.3, -0.25) is 4.79 Å². The summed E-state index contributed by atoms with van der Waals surface area (Å²) in [5.74, 6) is 1.59. The molecule has 0 saturated heterocycles. The Morgan fingerprint density at radius 1 is 1.25 bits per heavy atom. The number of fused-ring (bicyclic) bond motifs is 2. The second-order valence-electron chi connectivity index (χ2n) is 7.33. The minimum Gasteiger partial charge on any atom is -0.454 e. The van der Waals surface area contributed by atoms with E-state index in [1.807, 2.05) is 34.9 Å². The van der Waals surface area contributed by atoms with Crippen molar-refractivity contribution < 1.29 is 14.3 Å². The molecular formula is C21H22ClN3O3. The van der Waals surface area contributed by atoms with Crippen molar-refractivity contribution in [3.8, 4) is 11.5 Å². The summed E-state index contributed by atoms with van der Waals surface area (Å²) in [6.45, 7) is 5.00. The van der Waals surface area contributed by atoms with E-state index in [0.29, 0.717) is 35.4 Å². The van der Waals surface area contributed by atoms with Crippen molar-refractivity contribution in [3.63, 3.8) is 0 Å². The highest BCUT2D eigenvalue weighted by Crippen LogP contribution is 2.37. The van der Waals surface area contributed by atoms with E-state index < -0.39 is 0 Å². The van der Waals surface area contributed by atoms with E-state index >= 15 is 0 Å². The van der Waals surface area contributed by atoms with E-state index in [0.717, 1.165) is 16.9 Å². The van der Waals surface area contributed by atoms with Crippen molar-refractivity contribution in [1.29, 1.82) is 0 Å². The van der Waals surface area contributed by atoms with Crippen LogP contribution < -0.4 is 14.8 Å². The maximum atomic E-state index is 12.6. The van der Waals surface area contributed by atoms with Gasteiger partial charge in [-0.15, -0.1) is 0 Å². The quantitative estimate of drug-likeness (QED) is 0.680. The van der Waals surface area contributed by atoms with Crippen LogP contribution in [0.15, 0.2) is 42.7 Å². The topological polar surface area (TPSA) is 64.9 Å². The molecule has 0 bridgehead atoms. The fourth-order valence-corrected chi connectivity index (χ4v) is 3.49. The molecule has 1 aromatic carbocycles. The molecule has 1 atom stereocenters. The molecule has 1 N–H and O–H groups in total. The molecule has 1 amide bonds. The number of ether oxygens (including phenoxy) is 2. The van der Waals surface area contributed by atoms with Crippen molar-refractivity contribution in [2.75, 3.05) is 13.3 Å². The number of hydrogen-bond donors (Lipinski definition) is 1. The van der Waals surface area contributed by atoms with Gasteiger partial charge in [-0.05, 0) is 35.7 Å². The number of carbonyl (C=O) groups excluding carboxylic acids is 1. The van der Waals surface area contributed by atoms with Crippen molar-refractivity contribution in [2.24, 2.45) is 5.92 Å². The van der Waals surface area contributed by atoms with Gasteiger partial charge < -0.3 is 19.2 Å². The summed E-state index contributed by atoms with van der Waals surface area (Å²) in [6, 6.07) is 9.46. The highest BCUT2D eigenvalue weighted by Gasteiger charge is 2.24. The molecule has 1 unspecified atom stereocenters. The third-order valence-corrected chi connectivity index (χ3v) is 4.97. The number of pyridine rings is 1. The van der Waals surface area contributed by atoms with Crippen LogP contribution in [-0.4, -0.2) is 28.6 Å². The number of imidazole rings is 1. The van der Waals surface area contributed by atoms with Crippen LogP contribution in [0.5, 0.6) is 11.5 Å². The number of nitrogens with one attached hydrogen (secondary N) is 1. The number of hydrogen-bond acceptors (Lipinski definition) is 4. The Balaban J connectivity index is 1.72. The molecule has 6 nitrogen and oxygen atoms in total. The number of aromatic nitrogens is 2. The van der Waals surface area contributed by atoms with Crippen LogP contribution >= 0.6 is 11.6 Å². The van der Waals surface area contributed by atoms with E-state index in [4.69, 9.17) is 21.1 Å². The zero-order valence-electron chi connectivity index (χ0n) is 15.8. The molecule has 146 valence electrons. The summed E-state index contributed by atoms with van der Waals surface area (Å²) >= 11 is 6.20. The third-order valence-electron chi connectivity index (χ3n) is 4.75. The Hall–Kier alpha value is -2.73. The lowest BCUT2D eigenvalue weighted by atomic mass is 9.92. The average Bonchev–Trinajstić information content (AvgIpc) is 3.30. The molecule has 0 radical (unpaired) electrons. The maximum absolute atomic E-state index is 12.6. The standard InChI is InChI=1S/C21H22ClN3O3/c1-13(2)9-24-21(26)8-16(14-3-5-18-19(7-14)28-12-27-18)17-10-23-20-6-4-15(22)11-25(17)20/h3-7,10-11,13,16H,8-9,12H2,1-2H3,(H,24,26). The Morgan fingerprint density at radius 2 is 2.07 bits per heavy atom. The van der Waals surface area contributed by atoms with Crippen LogP contribution in [0.25, 0.3) is 5.65 Å². The van der Waals surface area contributed by atoms with Gasteiger partial charge in [0.15, 0.2) is 11.5 Å². The van der Waals surface area contributed by atoms with Crippen LogP contribution in [0.2, 0.25) is 5.02 Å². The predicted molar refractivity (Wildman–Crippen MR) is 107 cm³/mol. The smallest absolute Gasteiger partial charge is 0.231 e. The summed E-state index contributed by atoms with van der Waals surface area (Å²) in [4.78, 5) is 17.1. The van der Waals surface area contributed by atoms with Crippen LogP contribution in [0.4, 0.5) is 0 Å². The normalized spacial score (nSPS) is 13.9. The van der Waals surface area contributed by atoms with E-state index in [1.165, 1.54) is 0 Å². The molecule has 0 saturated carbocycles. The number of amides is 1. The Kier molecular flexibility index (Phi) is 5.13. The number of carbonyl (C=O) groups is 1. The average molecular weight is 400 g/mol. The van der Waals surface area contributed by atoms with Gasteiger partial charge >= 0.3 is 0 Å². The van der Waals surface area contributed by atoms with Gasteiger partial charge in [0.1, 0.15) is 5.65 Å². The van der Waals surface area contributed by atoms with E-state index in [2.05, 4.69) is 24.1 Å². The molecule has 4 rings (SSSR count). The van der Waals surface area contributed by atoms with E-state index in [-0.39, 0.29) is 18.6 Å². The van der Waals surface area contributed by atoms with Crippen LogP contribution in [0, 0.1) is 5.92 Å². The highest BCUT2D eigenvalue weighted by molar-refractivity contribution is 6.30. The zero-order valence-corrected chi connectivity index (χ0v) is 16.6. The summed E-state index contributed by atoms with van der Waals surface area (Å²) in [7, 11) is 0. The van der Waals surface area contributed by atoms with Crippen LogP contribution in [0.3, 0.4) is 0 Å². The number of halogens is 1. The van der Waals surface area contributed by atoms with Gasteiger partial charge in [-0.25, -0.2) is 4.98 Å². The second-order valence-corrected chi connectivity index (χ2v) is 7.76. The Bertz CT molecular complexity index is 1020. The molecule has 3 aromatic rings. The number of benzene rings is 1. The SMILES string of the molecule is CC(C)CNC(=O)CC(c1ccc2c(c1)OCO2)c1cnc2ccc(Cl)cn12. The Labute approximate surface area is 168 Å². The molecule has 3 heterocycles. The van der Waals surface area contributed by atoms with Crippen LogP contribution in [0.1, 0.15) is 37.4 Å². The molecule has 2 aromatic heterocycles. The number of rotatable bonds is 6. The first-order chi connectivity index (χ1) is 13.5. The first-order valence-electron chi connectivity index (χ1n) is 9.30. The molecule has 0 fully saturated rings. The summed E-state index contributed by atoms with van der Waals surface area (Å²) in [5.41, 5.74) is 2.65. The molecule has 28 heavy (non-hydrogen) atoms. The van der Waals surface area contributed by atoms with Crippen LogP contribution in [-0.2, 0) is 4.79 Å². The predicted octanol–water partition coefficient (Wildman–Crippen LogP) is 4.01. The first kappa shape index (κ1) is 18.6. The monoisotopic (exact) mass is 399 g/mol. The highest BCUT2D eigenvalue weighted by atomic mass is 35.5. The van der Waals surface area contributed by atoms with Gasteiger partial charge in [0.05, 0.1) is 10.7 Å². The zero-order chi connectivity index (χ0) is 19.7. The van der Waals surface area contributed by atoms with Gasteiger partial charge in [0.2, 0.25) is 12.7 Å².